The van der Waals surface area contributed by atoms with Crippen molar-refractivity contribution in [3.05, 3.63) is 74.8 Å². The number of hydrogen-bond donors (Lipinski definition) is 0. The molecular formula is C25H24F6N4O3. The van der Waals surface area contributed by atoms with E-state index in [4.69, 9.17) is 14.7 Å². The number of ether oxygens (including phenoxy) is 2. The van der Waals surface area contributed by atoms with Crippen LogP contribution < -0.4 is 10.3 Å². The molecule has 1 aromatic carbocycles. The Balaban J connectivity index is 2.78. The Morgan fingerprint density at radius 1 is 1.26 bits per heavy atom. The summed E-state index contributed by atoms with van der Waals surface area (Å²) in [6.07, 6.45) is -3.31. The summed E-state index contributed by atoms with van der Waals surface area (Å²) in [7, 11) is 2.49. The number of hydrogen-bond acceptors (Lipinski definition) is 6. The van der Waals surface area contributed by atoms with Crippen LogP contribution in [0.4, 0.5) is 26.3 Å². The van der Waals surface area contributed by atoms with E-state index in [2.05, 4.69) is 9.98 Å². The monoisotopic (exact) mass is 542 g/mol. The van der Waals surface area contributed by atoms with Gasteiger partial charge in [-0.05, 0) is 31.6 Å². The van der Waals surface area contributed by atoms with Crippen LogP contribution in [0, 0.1) is 17.1 Å². The Kier molecular flexibility index (Phi) is 9.50. The Labute approximate surface area is 214 Å². The molecule has 1 aromatic heterocycles. The van der Waals surface area contributed by atoms with E-state index in [9.17, 15) is 31.1 Å². The molecule has 0 saturated heterocycles. The second-order valence-electron chi connectivity index (χ2n) is 8.02. The maximum Gasteiger partial charge on any atom is 0.437 e. The summed E-state index contributed by atoms with van der Waals surface area (Å²) in [6.45, 7) is 3.22. The molecule has 0 aliphatic carbocycles. The van der Waals surface area contributed by atoms with Crippen molar-refractivity contribution in [2.75, 3.05) is 14.2 Å². The second kappa shape index (κ2) is 12.0. The van der Waals surface area contributed by atoms with Crippen molar-refractivity contribution in [2.45, 2.75) is 45.8 Å². The van der Waals surface area contributed by atoms with E-state index in [1.807, 2.05) is 0 Å². The SMILES string of the molecule is CC/C(C)=C(/C=C(/Cn1cnc(C(F)(F)F)c(Oc2cccc(C#N)c2F)c1=O)C(=NC)OC)C(C)(F)F. The molecular weight excluding hydrogens is 518 g/mol. The van der Waals surface area contributed by atoms with Crippen LogP contribution in [0.5, 0.6) is 11.5 Å². The quantitative estimate of drug-likeness (QED) is 0.175. The van der Waals surface area contributed by atoms with Crippen molar-refractivity contribution in [1.29, 1.82) is 5.26 Å². The van der Waals surface area contributed by atoms with Crippen LogP contribution in [0.2, 0.25) is 0 Å². The summed E-state index contributed by atoms with van der Waals surface area (Å²) < 4.78 is 95.1. The molecule has 0 fully saturated rings. The molecule has 2 rings (SSSR count). The van der Waals surface area contributed by atoms with Gasteiger partial charge in [-0.3, -0.25) is 14.4 Å². The van der Waals surface area contributed by atoms with Crippen molar-refractivity contribution in [3.8, 4) is 17.6 Å². The molecule has 0 atom stereocenters. The van der Waals surface area contributed by atoms with Crippen molar-refractivity contribution >= 4 is 5.90 Å². The Morgan fingerprint density at radius 2 is 1.92 bits per heavy atom. The Hall–Kier alpha value is -4.08. The number of nitrogens with zero attached hydrogens (tertiary/aromatic N) is 4. The van der Waals surface area contributed by atoms with Gasteiger partial charge in [0.2, 0.25) is 11.6 Å². The maximum atomic E-state index is 14.5. The lowest BCUT2D eigenvalue weighted by molar-refractivity contribution is -0.142. The predicted molar refractivity (Wildman–Crippen MR) is 127 cm³/mol. The molecule has 0 bridgehead atoms. The van der Waals surface area contributed by atoms with Crippen LogP contribution in [0.15, 0.2) is 57.1 Å². The number of halogens is 6. The highest BCUT2D eigenvalue weighted by atomic mass is 19.4. The molecule has 0 saturated carbocycles. The lowest BCUT2D eigenvalue weighted by Gasteiger charge is -2.19. The van der Waals surface area contributed by atoms with Crippen molar-refractivity contribution in [1.82, 2.24) is 9.55 Å². The van der Waals surface area contributed by atoms with Crippen LogP contribution >= 0.6 is 0 Å². The van der Waals surface area contributed by atoms with Gasteiger partial charge in [0.05, 0.1) is 25.5 Å². The molecule has 0 N–H and O–H groups in total. The minimum Gasteiger partial charge on any atom is -0.481 e. The van der Waals surface area contributed by atoms with Crippen LogP contribution in [0.1, 0.15) is 38.4 Å². The highest BCUT2D eigenvalue weighted by Crippen LogP contribution is 2.35. The van der Waals surface area contributed by atoms with Gasteiger partial charge >= 0.3 is 6.18 Å². The van der Waals surface area contributed by atoms with Gasteiger partial charge in [0, 0.05) is 25.1 Å². The minimum absolute atomic E-state index is 0.0772. The lowest BCUT2D eigenvalue weighted by atomic mass is 9.99. The van der Waals surface area contributed by atoms with Gasteiger partial charge in [-0.25, -0.2) is 18.2 Å². The largest absolute Gasteiger partial charge is 0.481 e. The summed E-state index contributed by atoms with van der Waals surface area (Å²) in [6, 6.07) is 4.66. The molecule has 13 heteroatoms. The Bertz CT molecular complexity index is 1380. The molecule has 1 heterocycles. The van der Waals surface area contributed by atoms with E-state index in [-0.39, 0.29) is 17.9 Å². The molecule has 0 unspecified atom stereocenters. The van der Waals surface area contributed by atoms with Crippen LogP contribution in [0.25, 0.3) is 0 Å². The number of aliphatic imine (C=N–C) groups is 1. The van der Waals surface area contributed by atoms with E-state index in [0.29, 0.717) is 23.4 Å². The minimum atomic E-state index is -5.17. The summed E-state index contributed by atoms with van der Waals surface area (Å²) in [5.74, 6) is -6.95. The van der Waals surface area contributed by atoms with E-state index >= 15 is 0 Å². The fourth-order valence-corrected chi connectivity index (χ4v) is 3.38. The molecule has 0 spiro atoms. The van der Waals surface area contributed by atoms with Crippen molar-refractivity contribution in [3.63, 3.8) is 0 Å². The van der Waals surface area contributed by atoms with Crippen molar-refractivity contribution in [2.24, 2.45) is 4.99 Å². The molecule has 2 aromatic rings. The first-order valence-corrected chi connectivity index (χ1v) is 11.0. The first-order valence-electron chi connectivity index (χ1n) is 11.0. The smallest absolute Gasteiger partial charge is 0.437 e. The topological polar surface area (TPSA) is 89.5 Å². The van der Waals surface area contributed by atoms with E-state index < -0.39 is 58.3 Å². The summed E-state index contributed by atoms with van der Waals surface area (Å²) in [5.41, 5.74) is -3.83. The van der Waals surface area contributed by atoms with Crippen molar-refractivity contribution < 1.29 is 35.8 Å². The number of nitriles is 1. The molecule has 0 radical (unpaired) electrons. The van der Waals surface area contributed by atoms with Gasteiger partial charge in [-0.2, -0.15) is 18.4 Å². The molecule has 0 amide bonds. The number of allylic oxidation sites excluding steroid dienone is 3. The number of rotatable bonds is 8. The standard InChI is InChI=1S/C25H24F6N4O3/c1-6-14(2)17(24(3,27)28)10-16(22(33-4)37-5)12-35-13-34-21(25(29,30)31)20(23(35)36)38-18-9-7-8-15(11-32)19(18)26/h7-10,13H,6,12H2,1-5H3/b16-10-,17-14-,33-22?. The number of alkyl halides is 5. The predicted octanol–water partition coefficient (Wildman–Crippen LogP) is 6.05. The maximum absolute atomic E-state index is 14.5. The van der Waals surface area contributed by atoms with Crippen LogP contribution in [-0.2, 0) is 17.5 Å². The summed E-state index contributed by atoms with van der Waals surface area (Å²) in [5, 5.41) is 8.99. The third kappa shape index (κ3) is 6.81. The zero-order valence-corrected chi connectivity index (χ0v) is 21.1. The first kappa shape index (κ1) is 30.1. The van der Waals surface area contributed by atoms with Crippen LogP contribution in [0.3, 0.4) is 0 Å². The number of benzene rings is 1. The fraction of sp³-hybridized carbons (Fsp3) is 0.360. The lowest BCUT2D eigenvalue weighted by Crippen LogP contribution is -2.28. The number of aromatic nitrogens is 2. The third-order valence-electron chi connectivity index (χ3n) is 5.35. The Morgan fingerprint density at radius 3 is 2.42 bits per heavy atom. The zero-order valence-electron chi connectivity index (χ0n) is 21.1. The molecule has 38 heavy (non-hydrogen) atoms. The van der Waals surface area contributed by atoms with Gasteiger partial charge < -0.3 is 9.47 Å². The second-order valence-corrected chi connectivity index (χ2v) is 8.02. The van der Waals surface area contributed by atoms with E-state index in [1.54, 1.807) is 6.92 Å². The van der Waals surface area contributed by atoms with Gasteiger partial charge in [0.25, 0.3) is 11.5 Å². The summed E-state index contributed by atoms with van der Waals surface area (Å²) >= 11 is 0. The first-order chi connectivity index (χ1) is 17.7. The highest BCUT2D eigenvalue weighted by molar-refractivity contribution is 5.93. The zero-order chi connectivity index (χ0) is 28.8. The normalized spacial score (nSPS) is 13.6. The van der Waals surface area contributed by atoms with E-state index in [0.717, 1.165) is 24.3 Å². The van der Waals surface area contributed by atoms with Gasteiger partial charge in [-0.15, -0.1) is 0 Å². The molecule has 7 nitrogen and oxygen atoms in total. The van der Waals surface area contributed by atoms with E-state index in [1.165, 1.54) is 27.2 Å². The molecule has 0 aliphatic rings. The van der Waals surface area contributed by atoms with Gasteiger partial charge in [0.1, 0.15) is 6.07 Å². The molecule has 0 aliphatic heterocycles. The average molecular weight is 542 g/mol. The average Bonchev–Trinajstić information content (AvgIpc) is 2.84. The highest BCUT2D eigenvalue weighted by Gasteiger charge is 2.39. The third-order valence-corrected chi connectivity index (χ3v) is 5.35. The summed E-state index contributed by atoms with van der Waals surface area (Å²) in [4.78, 5) is 20.3. The fourth-order valence-electron chi connectivity index (χ4n) is 3.38. The van der Waals surface area contributed by atoms with Crippen LogP contribution in [-0.4, -0.2) is 35.5 Å². The van der Waals surface area contributed by atoms with Gasteiger partial charge in [-0.1, -0.05) is 18.6 Å². The number of methoxy groups -OCH3 is 1. The molecule has 204 valence electrons. The van der Waals surface area contributed by atoms with Gasteiger partial charge in [0.15, 0.2) is 17.3 Å².